The molecule has 2 nitrogen and oxygen atoms in total. The van der Waals surface area contributed by atoms with Gasteiger partial charge in [0.1, 0.15) is 18.2 Å². The molecule has 0 fully saturated rings. The van der Waals surface area contributed by atoms with Crippen LogP contribution in [0.1, 0.15) is 36.1 Å². The Balaban J connectivity index is 2.27. The Hall–Kier alpha value is -2.81. The average molecular weight is 363 g/mol. The van der Waals surface area contributed by atoms with E-state index in [1.807, 2.05) is 13.0 Å². The van der Waals surface area contributed by atoms with Crippen molar-refractivity contribution in [3.05, 3.63) is 70.0 Å². The fourth-order valence-corrected chi connectivity index (χ4v) is 2.41. The van der Waals surface area contributed by atoms with E-state index in [1.54, 1.807) is 26.0 Å². The third kappa shape index (κ3) is 4.85. The first kappa shape index (κ1) is 19.5. The number of allylic oxidation sites excluding steroid dienone is 2. The molecule has 0 unspecified atom stereocenters. The first-order valence-corrected chi connectivity index (χ1v) is 7.79. The van der Waals surface area contributed by atoms with Crippen LogP contribution in [0.2, 0.25) is 0 Å². The summed E-state index contributed by atoms with van der Waals surface area (Å²) >= 11 is 0. The first-order valence-electron chi connectivity index (χ1n) is 7.79. The molecule has 0 aliphatic carbocycles. The lowest BCUT2D eigenvalue weighted by Crippen LogP contribution is -2.07. The van der Waals surface area contributed by atoms with Gasteiger partial charge in [-0.1, -0.05) is 6.07 Å². The number of nitriles is 1. The maximum Gasteiger partial charge on any atom is 0.416 e. The lowest BCUT2D eigenvalue weighted by atomic mass is 10.0. The summed E-state index contributed by atoms with van der Waals surface area (Å²) in [5.74, 6) is -0.533. The normalized spacial score (nSPS) is 12.4. The van der Waals surface area contributed by atoms with Gasteiger partial charge < -0.3 is 4.74 Å². The maximum atomic E-state index is 13.5. The van der Waals surface area contributed by atoms with Gasteiger partial charge in [0, 0.05) is 5.57 Å². The van der Waals surface area contributed by atoms with E-state index < -0.39 is 17.6 Å². The molecular weight excluding hydrogens is 346 g/mol. The molecule has 0 bridgehead atoms. The van der Waals surface area contributed by atoms with Gasteiger partial charge in [-0.2, -0.15) is 18.4 Å². The molecule has 0 heterocycles. The van der Waals surface area contributed by atoms with Gasteiger partial charge >= 0.3 is 6.18 Å². The molecule has 0 atom stereocenters. The standard InChI is InChI=1S/C20H17F4NO/c1-12-4-16(14(3)13(2)10-25)8-19(5-12)26-11-15-6-17(20(22,23)24)9-18(21)7-15/h4-9H,11H2,1-3H3/b14-13-. The Morgan fingerprint density at radius 3 is 2.38 bits per heavy atom. The van der Waals surface area contributed by atoms with Crippen LogP contribution in [0.4, 0.5) is 17.6 Å². The van der Waals surface area contributed by atoms with Crippen LogP contribution in [-0.2, 0) is 12.8 Å². The molecule has 0 N–H and O–H groups in total. The lowest BCUT2D eigenvalue weighted by molar-refractivity contribution is -0.137. The summed E-state index contributed by atoms with van der Waals surface area (Å²) in [5.41, 5.74) is 2.03. The smallest absolute Gasteiger partial charge is 0.416 e. The summed E-state index contributed by atoms with van der Waals surface area (Å²) in [4.78, 5) is 0. The zero-order valence-corrected chi connectivity index (χ0v) is 14.5. The molecule has 0 aromatic heterocycles. The summed E-state index contributed by atoms with van der Waals surface area (Å²) in [6.07, 6.45) is -4.62. The number of ether oxygens (including phenoxy) is 1. The van der Waals surface area contributed by atoms with Crippen molar-refractivity contribution < 1.29 is 22.3 Å². The monoisotopic (exact) mass is 363 g/mol. The Bertz CT molecular complexity index is 892. The minimum Gasteiger partial charge on any atom is -0.489 e. The van der Waals surface area contributed by atoms with E-state index in [1.165, 1.54) is 0 Å². The van der Waals surface area contributed by atoms with Crippen LogP contribution in [0.25, 0.3) is 5.57 Å². The van der Waals surface area contributed by atoms with Crippen molar-refractivity contribution in [1.29, 1.82) is 5.26 Å². The Kier molecular flexibility index (Phi) is 5.71. The van der Waals surface area contributed by atoms with E-state index in [4.69, 9.17) is 10.00 Å². The number of benzene rings is 2. The third-order valence-corrected chi connectivity index (χ3v) is 3.90. The van der Waals surface area contributed by atoms with E-state index in [0.29, 0.717) is 17.4 Å². The summed E-state index contributed by atoms with van der Waals surface area (Å²) in [7, 11) is 0. The second-order valence-corrected chi connectivity index (χ2v) is 6.03. The zero-order valence-electron chi connectivity index (χ0n) is 14.5. The van der Waals surface area contributed by atoms with Crippen molar-refractivity contribution in [3.63, 3.8) is 0 Å². The molecule has 6 heteroatoms. The van der Waals surface area contributed by atoms with Gasteiger partial charge in [-0.25, -0.2) is 4.39 Å². The third-order valence-electron chi connectivity index (χ3n) is 3.90. The van der Waals surface area contributed by atoms with Gasteiger partial charge in [-0.3, -0.25) is 0 Å². The fraction of sp³-hybridized carbons (Fsp3) is 0.250. The topological polar surface area (TPSA) is 33.0 Å². The van der Waals surface area contributed by atoms with Gasteiger partial charge in [-0.05, 0) is 73.4 Å². The number of alkyl halides is 3. The van der Waals surface area contributed by atoms with Crippen LogP contribution < -0.4 is 4.74 Å². The number of aryl methyl sites for hydroxylation is 1. The number of rotatable bonds is 4. The van der Waals surface area contributed by atoms with Crippen LogP contribution in [0.15, 0.2) is 42.0 Å². The van der Waals surface area contributed by atoms with E-state index in [0.717, 1.165) is 28.8 Å². The summed E-state index contributed by atoms with van der Waals surface area (Å²) in [6.45, 7) is 5.14. The second-order valence-electron chi connectivity index (χ2n) is 6.03. The molecule has 0 aliphatic heterocycles. The Morgan fingerprint density at radius 1 is 1.08 bits per heavy atom. The molecule has 0 spiro atoms. The highest BCUT2D eigenvalue weighted by Gasteiger charge is 2.31. The minimum absolute atomic E-state index is 0.0841. The molecule has 0 radical (unpaired) electrons. The SMILES string of the molecule is C/C(C#N)=C(\C)c1cc(C)cc(OCc2cc(F)cc(C(F)(F)F)c2)c1. The molecule has 26 heavy (non-hydrogen) atoms. The van der Waals surface area contributed by atoms with Crippen molar-refractivity contribution in [2.24, 2.45) is 0 Å². The van der Waals surface area contributed by atoms with E-state index in [2.05, 4.69) is 6.07 Å². The average Bonchev–Trinajstić information content (AvgIpc) is 2.57. The number of nitrogens with zero attached hydrogens (tertiary/aromatic N) is 1. The number of hydrogen-bond donors (Lipinski definition) is 0. The highest BCUT2D eigenvalue weighted by Crippen LogP contribution is 2.31. The van der Waals surface area contributed by atoms with Gasteiger partial charge in [0.05, 0.1) is 11.6 Å². The number of halogens is 4. The van der Waals surface area contributed by atoms with Crippen LogP contribution in [0.3, 0.4) is 0 Å². The van der Waals surface area contributed by atoms with Gasteiger partial charge in [0.25, 0.3) is 0 Å². The minimum atomic E-state index is -4.62. The van der Waals surface area contributed by atoms with Crippen molar-refractivity contribution in [3.8, 4) is 11.8 Å². The van der Waals surface area contributed by atoms with Crippen LogP contribution in [0.5, 0.6) is 5.75 Å². The Labute approximate surface area is 149 Å². The van der Waals surface area contributed by atoms with E-state index in [-0.39, 0.29) is 12.2 Å². The lowest BCUT2D eigenvalue weighted by Gasteiger charge is -2.12. The largest absolute Gasteiger partial charge is 0.489 e. The predicted octanol–water partition coefficient (Wildman–Crippen LogP) is 6.05. The molecule has 2 aromatic rings. The summed E-state index contributed by atoms with van der Waals surface area (Å²) < 4.78 is 57.3. The number of hydrogen-bond acceptors (Lipinski definition) is 2. The van der Waals surface area contributed by atoms with Crippen molar-refractivity contribution in [2.45, 2.75) is 33.6 Å². The molecule has 136 valence electrons. The van der Waals surface area contributed by atoms with Crippen molar-refractivity contribution in [1.82, 2.24) is 0 Å². The van der Waals surface area contributed by atoms with Crippen molar-refractivity contribution in [2.75, 3.05) is 0 Å². The molecule has 0 saturated heterocycles. The maximum absolute atomic E-state index is 13.5. The molecule has 2 rings (SSSR count). The zero-order chi connectivity index (χ0) is 19.5. The molecular formula is C20H17F4NO. The van der Waals surface area contributed by atoms with Crippen molar-refractivity contribution >= 4 is 5.57 Å². The molecule has 0 saturated carbocycles. The highest BCUT2D eigenvalue weighted by atomic mass is 19.4. The summed E-state index contributed by atoms with van der Waals surface area (Å²) in [5, 5.41) is 9.01. The van der Waals surface area contributed by atoms with Gasteiger partial charge in [0.15, 0.2) is 0 Å². The molecule has 0 amide bonds. The quantitative estimate of drug-likeness (QED) is 0.489. The summed E-state index contributed by atoms with van der Waals surface area (Å²) in [6, 6.07) is 9.71. The van der Waals surface area contributed by atoms with E-state index in [9.17, 15) is 17.6 Å². The predicted molar refractivity (Wildman–Crippen MR) is 90.8 cm³/mol. The van der Waals surface area contributed by atoms with Crippen LogP contribution in [-0.4, -0.2) is 0 Å². The Morgan fingerprint density at radius 2 is 1.77 bits per heavy atom. The van der Waals surface area contributed by atoms with Crippen LogP contribution >= 0.6 is 0 Å². The van der Waals surface area contributed by atoms with Gasteiger partial charge in [-0.15, -0.1) is 0 Å². The van der Waals surface area contributed by atoms with E-state index >= 15 is 0 Å². The first-order chi connectivity index (χ1) is 12.1. The highest BCUT2D eigenvalue weighted by molar-refractivity contribution is 5.70. The second kappa shape index (κ2) is 7.61. The molecule has 2 aromatic carbocycles. The fourth-order valence-electron chi connectivity index (χ4n) is 2.41. The molecule has 0 aliphatic rings. The van der Waals surface area contributed by atoms with Crippen LogP contribution in [0, 0.1) is 24.1 Å². The van der Waals surface area contributed by atoms with Gasteiger partial charge in [0.2, 0.25) is 0 Å².